The molecule has 1 spiro atoms. The minimum absolute atomic E-state index is 0.0199. The van der Waals surface area contributed by atoms with Crippen LogP contribution in [0.1, 0.15) is 57.8 Å². The van der Waals surface area contributed by atoms with E-state index >= 15 is 0 Å². The van der Waals surface area contributed by atoms with E-state index in [2.05, 4.69) is 4.90 Å². The Morgan fingerprint density at radius 2 is 1.85 bits per heavy atom. The van der Waals surface area contributed by atoms with Gasteiger partial charge in [0.1, 0.15) is 0 Å². The van der Waals surface area contributed by atoms with Gasteiger partial charge in [-0.3, -0.25) is 4.90 Å². The van der Waals surface area contributed by atoms with Gasteiger partial charge in [0.2, 0.25) is 0 Å². The summed E-state index contributed by atoms with van der Waals surface area (Å²) in [6.07, 6.45) is 11.4. The summed E-state index contributed by atoms with van der Waals surface area (Å²) >= 11 is 0. The fourth-order valence-electron chi connectivity index (χ4n) is 5.43. The fourth-order valence-corrected chi connectivity index (χ4v) is 5.43. The van der Waals surface area contributed by atoms with Gasteiger partial charge in [0.05, 0.1) is 11.7 Å². The molecular formula is C17H29NO2. The highest BCUT2D eigenvalue weighted by Gasteiger charge is 2.46. The lowest BCUT2D eigenvalue weighted by molar-refractivity contribution is -0.123. The molecule has 0 bridgehead atoms. The molecule has 114 valence electrons. The number of nitrogens with zero attached hydrogens (tertiary/aromatic N) is 1. The van der Waals surface area contributed by atoms with Crippen molar-refractivity contribution in [1.82, 2.24) is 4.90 Å². The van der Waals surface area contributed by atoms with Crippen LogP contribution in [0.5, 0.6) is 0 Å². The summed E-state index contributed by atoms with van der Waals surface area (Å²) in [5.74, 6) is 1.34. The molecule has 0 aromatic heterocycles. The van der Waals surface area contributed by atoms with Gasteiger partial charge in [-0.1, -0.05) is 19.3 Å². The standard InChI is InChI=1S/C17H29NO2/c19-16-5-4-13-11-18(12-15(13)16)14-6-9-20-17(10-14)7-2-1-3-8-17/h13-16,19H,1-12H2. The van der Waals surface area contributed by atoms with Gasteiger partial charge in [0.15, 0.2) is 0 Å². The van der Waals surface area contributed by atoms with Gasteiger partial charge in [-0.25, -0.2) is 0 Å². The van der Waals surface area contributed by atoms with Crippen LogP contribution < -0.4 is 0 Å². The SMILES string of the molecule is OC1CCC2CN(C3CCOC4(CCCCC4)C3)CC12. The van der Waals surface area contributed by atoms with Crippen LogP contribution >= 0.6 is 0 Å². The fraction of sp³-hybridized carbons (Fsp3) is 1.00. The van der Waals surface area contributed by atoms with Crippen molar-refractivity contribution in [2.24, 2.45) is 11.8 Å². The molecule has 4 unspecified atom stereocenters. The normalized spacial score (nSPS) is 44.9. The Morgan fingerprint density at radius 1 is 1.00 bits per heavy atom. The maximum Gasteiger partial charge on any atom is 0.0697 e. The van der Waals surface area contributed by atoms with Crippen LogP contribution in [0.15, 0.2) is 0 Å². The predicted octanol–water partition coefficient (Wildman–Crippen LogP) is 2.57. The first kappa shape index (κ1) is 13.5. The van der Waals surface area contributed by atoms with E-state index < -0.39 is 0 Å². The van der Waals surface area contributed by atoms with Gasteiger partial charge < -0.3 is 9.84 Å². The molecule has 3 heteroatoms. The quantitative estimate of drug-likeness (QED) is 0.801. The lowest BCUT2D eigenvalue weighted by Crippen LogP contribution is -2.49. The molecule has 2 heterocycles. The van der Waals surface area contributed by atoms with E-state index in [1.807, 2.05) is 0 Å². The smallest absolute Gasteiger partial charge is 0.0697 e. The third kappa shape index (κ3) is 2.32. The summed E-state index contributed by atoms with van der Waals surface area (Å²) in [4.78, 5) is 2.70. The van der Waals surface area contributed by atoms with Crippen LogP contribution in [0.25, 0.3) is 0 Å². The van der Waals surface area contributed by atoms with Crippen molar-refractivity contribution in [2.75, 3.05) is 19.7 Å². The molecule has 4 aliphatic rings. The number of ether oxygens (including phenoxy) is 1. The van der Waals surface area contributed by atoms with Crippen molar-refractivity contribution in [3.8, 4) is 0 Å². The molecule has 2 saturated heterocycles. The second kappa shape index (κ2) is 5.26. The largest absolute Gasteiger partial charge is 0.393 e. The van der Waals surface area contributed by atoms with Crippen molar-refractivity contribution in [2.45, 2.75) is 75.5 Å². The lowest BCUT2D eigenvalue weighted by Gasteiger charge is -2.46. The highest BCUT2D eigenvalue weighted by Crippen LogP contribution is 2.44. The van der Waals surface area contributed by atoms with Crippen LogP contribution in [0, 0.1) is 11.8 Å². The number of rotatable bonds is 1. The molecule has 0 aromatic carbocycles. The topological polar surface area (TPSA) is 32.7 Å². The first-order valence-corrected chi connectivity index (χ1v) is 8.82. The number of aliphatic hydroxyl groups excluding tert-OH is 1. The van der Waals surface area contributed by atoms with Gasteiger partial charge in [-0.15, -0.1) is 0 Å². The van der Waals surface area contributed by atoms with Crippen molar-refractivity contribution < 1.29 is 9.84 Å². The summed E-state index contributed by atoms with van der Waals surface area (Å²) in [5, 5.41) is 10.1. The van der Waals surface area contributed by atoms with E-state index in [0.29, 0.717) is 5.92 Å². The second-order valence-corrected chi connectivity index (χ2v) is 7.76. The van der Waals surface area contributed by atoms with E-state index in [1.165, 1.54) is 57.9 Å². The summed E-state index contributed by atoms with van der Waals surface area (Å²) in [5.41, 5.74) is 0.220. The van der Waals surface area contributed by atoms with Crippen molar-refractivity contribution >= 4 is 0 Å². The Balaban J connectivity index is 1.41. The molecule has 20 heavy (non-hydrogen) atoms. The van der Waals surface area contributed by atoms with Crippen molar-refractivity contribution in [3.05, 3.63) is 0 Å². The highest BCUT2D eigenvalue weighted by molar-refractivity contribution is 4.99. The number of aliphatic hydroxyl groups is 1. The maximum absolute atomic E-state index is 10.1. The molecule has 2 aliphatic carbocycles. The summed E-state index contributed by atoms with van der Waals surface area (Å²) < 4.78 is 6.24. The molecule has 4 atom stereocenters. The average Bonchev–Trinajstić information content (AvgIpc) is 3.03. The van der Waals surface area contributed by atoms with Gasteiger partial charge in [0, 0.05) is 31.7 Å². The average molecular weight is 279 g/mol. The van der Waals surface area contributed by atoms with E-state index in [1.54, 1.807) is 0 Å². The van der Waals surface area contributed by atoms with Gasteiger partial charge >= 0.3 is 0 Å². The zero-order valence-electron chi connectivity index (χ0n) is 12.6. The van der Waals surface area contributed by atoms with Gasteiger partial charge in [-0.05, 0) is 44.4 Å². The molecule has 0 aromatic rings. The molecule has 4 fully saturated rings. The Morgan fingerprint density at radius 3 is 2.65 bits per heavy atom. The Kier molecular flexibility index (Phi) is 3.56. The minimum atomic E-state index is -0.0199. The molecule has 1 N–H and O–H groups in total. The molecular weight excluding hydrogens is 250 g/mol. The Bertz CT molecular complexity index is 347. The Labute approximate surface area is 122 Å². The molecule has 2 saturated carbocycles. The van der Waals surface area contributed by atoms with Crippen LogP contribution in [0.2, 0.25) is 0 Å². The first-order valence-electron chi connectivity index (χ1n) is 8.82. The van der Waals surface area contributed by atoms with Crippen LogP contribution in [0.3, 0.4) is 0 Å². The number of fused-ring (bicyclic) bond motifs is 1. The summed E-state index contributed by atoms with van der Waals surface area (Å²) in [6, 6.07) is 0.722. The number of hydrogen-bond donors (Lipinski definition) is 1. The molecule has 0 radical (unpaired) electrons. The second-order valence-electron chi connectivity index (χ2n) is 7.76. The molecule has 2 aliphatic heterocycles. The zero-order valence-corrected chi connectivity index (χ0v) is 12.6. The number of hydrogen-bond acceptors (Lipinski definition) is 3. The maximum atomic E-state index is 10.1. The monoisotopic (exact) mass is 279 g/mol. The van der Waals surface area contributed by atoms with E-state index in [0.717, 1.165) is 31.5 Å². The first-order chi connectivity index (χ1) is 9.76. The van der Waals surface area contributed by atoms with E-state index in [-0.39, 0.29) is 11.7 Å². The van der Waals surface area contributed by atoms with Crippen molar-refractivity contribution in [1.29, 1.82) is 0 Å². The van der Waals surface area contributed by atoms with Crippen LogP contribution in [0.4, 0.5) is 0 Å². The number of likely N-dealkylation sites (tertiary alicyclic amines) is 1. The predicted molar refractivity (Wildman–Crippen MR) is 78.6 cm³/mol. The molecule has 4 rings (SSSR count). The Hall–Kier alpha value is -0.120. The van der Waals surface area contributed by atoms with Crippen LogP contribution in [-0.2, 0) is 4.74 Å². The minimum Gasteiger partial charge on any atom is -0.393 e. The lowest BCUT2D eigenvalue weighted by atomic mass is 9.78. The van der Waals surface area contributed by atoms with Gasteiger partial charge in [0.25, 0.3) is 0 Å². The van der Waals surface area contributed by atoms with Crippen LogP contribution in [-0.4, -0.2) is 47.4 Å². The third-order valence-corrected chi connectivity index (χ3v) is 6.60. The van der Waals surface area contributed by atoms with E-state index in [9.17, 15) is 5.11 Å². The highest BCUT2D eigenvalue weighted by atomic mass is 16.5. The molecule has 3 nitrogen and oxygen atoms in total. The summed E-state index contributed by atoms with van der Waals surface area (Å²) in [6.45, 7) is 3.34. The van der Waals surface area contributed by atoms with Crippen molar-refractivity contribution in [3.63, 3.8) is 0 Å². The zero-order chi connectivity index (χ0) is 13.6. The van der Waals surface area contributed by atoms with E-state index in [4.69, 9.17) is 4.74 Å². The summed E-state index contributed by atoms with van der Waals surface area (Å²) in [7, 11) is 0. The third-order valence-electron chi connectivity index (χ3n) is 6.60. The van der Waals surface area contributed by atoms with Gasteiger partial charge in [-0.2, -0.15) is 0 Å². The molecule has 0 amide bonds.